The fourth-order valence-corrected chi connectivity index (χ4v) is 1.07. The van der Waals surface area contributed by atoms with Gasteiger partial charge in [0.05, 0.1) is 6.61 Å². The van der Waals surface area contributed by atoms with Gasteiger partial charge >= 0.3 is 0 Å². The highest BCUT2D eigenvalue weighted by molar-refractivity contribution is 5.31. The van der Waals surface area contributed by atoms with E-state index in [0.29, 0.717) is 6.61 Å². The van der Waals surface area contributed by atoms with Crippen molar-refractivity contribution in [2.24, 2.45) is 5.73 Å². The lowest BCUT2D eigenvalue weighted by Gasteiger charge is -2.09. The molecule has 0 amide bonds. The zero-order valence-corrected chi connectivity index (χ0v) is 8.29. The van der Waals surface area contributed by atoms with Crippen LogP contribution in [0, 0.1) is 6.92 Å². The summed E-state index contributed by atoms with van der Waals surface area (Å²) in [4.78, 5) is 0. The van der Waals surface area contributed by atoms with E-state index in [9.17, 15) is 0 Å². The Morgan fingerprint density at radius 3 is 2.69 bits per heavy atom. The van der Waals surface area contributed by atoms with Gasteiger partial charge in [0.15, 0.2) is 0 Å². The molecule has 1 aromatic carbocycles. The summed E-state index contributed by atoms with van der Waals surface area (Å²) in [6, 6.07) is 8.23. The summed E-state index contributed by atoms with van der Waals surface area (Å²) in [5.74, 6) is 0.961. The van der Waals surface area contributed by atoms with Crippen LogP contribution in [0.15, 0.2) is 24.3 Å². The Hall–Kier alpha value is -1.02. The Bertz CT molecular complexity index is 258. The Balaban J connectivity index is 2.41. The number of nitrogens with two attached hydrogens (primary N) is 1. The van der Waals surface area contributed by atoms with Gasteiger partial charge in [0, 0.05) is 6.04 Å². The van der Waals surface area contributed by atoms with Crippen LogP contribution in [0.25, 0.3) is 0 Å². The van der Waals surface area contributed by atoms with Gasteiger partial charge in [-0.2, -0.15) is 0 Å². The first-order valence-electron chi connectivity index (χ1n) is 4.64. The van der Waals surface area contributed by atoms with Crippen LogP contribution in [-0.4, -0.2) is 12.6 Å². The van der Waals surface area contributed by atoms with E-state index < -0.39 is 0 Å². The number of hydrogen-bond acceptors (Lipinski definition) is 2. The third-order valence-corrected chi connectivity index (χ3v) is 1.92. The van der Waals surface area contributed by atoms with Crippen LogP contribution in [0.4, 0.5) is 0 Å². The Kier molecular flexibility index (Phi) is 3.77. The molecule has 1 rings (SSSR count). The largest absolute Gasteiger partial charge is 0.493 e. The van der Waals surface area contributed by atoms with Gasteiger partial charge in [-0.1, -0.05) is 18.2 Å². The van der Waals surface area contributed by atoms with Gasteiger partial charge in [-0.15, -0.1) is 0 Å². The van der Waals surface area contributed by atoms with Gasteiger partial charge in [-0.05, 0) is 31.9 Å². The van der Waals surface area contributed by atoms with Crippen molar-refractivity contribution in [3.8, 4) is 5.75 Å². The number of hydrogen-bond donors (Lipinski definition) is 1. The van der Waals surface area contributed by atoms with E-state index in [-0.39, 0.29) is 6.04 Å². The van der Waals surface area contributed by atoms with Crippen LogP contribution in [-0.2, 0) is 0 Å². The lowest BCUT2D eigenvalue weighted by Crippen LogP contribution is -2.18. The minimum absolute atomic E-state index is 0.212. The Labute approximate surface area is 79.7 Å². The lowest BCUT2D eigenvalue weighted by atomic mass is 10.2. The van der Waals surface area contributed by atoms with Crippen LogP contribution >= 0.6 is 0 Å². The molecule has 2 N–H and O–H groups in total. The maximum absolute atomic E-state index is 5.61. The van der Waals surface area contributed by atoms with E-state index in [1.54, 1.807) is 0 Å². The fraction of sp³-hybridized carbons (Fsp3) is 0.455. The average Bonchev–Trinajstić information content (AvgIpc) is 2.08. The third kappa shape index (κ3) is 3.47. The van der Waals surface area contributed by atoms with Crippen molar-refractivity contribution >= 4 is 0 Å². The van der Waals surface area contributed by atoms with Gasteiger partial charge in [0.2, 0.25) is 0 Å². The number of rotatable bonds is 4. The van der Waals surface area contributed by atoms with Crippen LogP contribution in [0.5, 0.6) is 5.75 Å². The van der Waals surface area contributed by atoms with Crippen molar-refractivity contribution in [3.05, 3.63) is 29.8 Å². The second-order valence-electron chi connectivity index (χ2n) is 3.38. The normalized spacial score (nSPS) is 12.5. The molecule has 0 aliphatic carbocycles. The molecule has 13 heavy (non-hydrogen) atoms. The van der Waals surface area contributed by atoms with Crippen molar-refractivity contribution in [1.29, 1.82) is 0 Å². The molecule has 2 heteroatoms. The molecule has 0 bridgehead atoms. The molecule has 1 aromatic rings. The summed E-state index contributed by atoms with van der Waals surface area (Å²) in [6.07, 6.45) is 0.897. The fourth-order valence-electron chi connectivity index (χ4n) is 1.07. The number of para-hydroxylation sites is 1. The Morgan fingerprint density at radius 1 is 1.38 bits per heavy atom. The first-order valence-corrected chi connectivity index (χ1v) is 4.64. The second-order valence-corrected chi connectivity index (χ2v) is 3.38. The lowest BCUT2D eigenvalue weighted by molar-refractivity contribution is 0.299. The monoisotopic (exact) mass is 179 g/mol. The van der Waals surface area contributed by atoms with Crippen LogP contribution < -0.4 is 10.5 Å². The predicted octanol–water partition coefficient (Wildman–Crippen LogP) is 2.11. The Morgan fingerprint density at radius 2 is 2.08 bits per heavy atom. The molecule has 0 aromatic heterocycles. The van der Waals surface area contributed by atoms with Crippen molar-refractivity contribution in [3.63, 3.8) is 0 Å². The molecule has 72 valence electrons. The maximum Gasteiger partial charge on any atom is 0.122 e. The molecular weight excluding hydrogens is 162 g/mol. The van der Waals surface area contributed by atoms with Crippen molar-refractivity contribution in [1.82, 2.24) is 0 Å². The van der Waals surface area contributed by atoms with Crippen LogP contribution in [0.1, 0.15) is 18.9 Å². The van der Waals surface area contributed by atoms with E-state index in [4.69, 9.17) is 10.5 Å². The smallest absolute Gasteiger partial charge is 0.122 e. The molecule has 0 fully saturated rings. The number of aryl methyl sites for hydroxylation is 1. The van der Waals surface area contributed by atoms with E-state index in [1.165, 1.54) is 5.56 Å². The number of ether oxygens (including phenoxy) is 1. The molecule has 0 radical (unpaired) electrons. The quantitative estimate of drug-likeness (QED) is 0.768. The minimum Gasteiger partial charge on any atom is -0.493 e. The van der Waals surface area contributed by atoms with Crippen molar-refractivity contribution < 1.29 is 4.74 Å². The first kappa shape index (κ1) is 10.1. The van der Waals surface area contributed by atoms with Gasteiger partial charge < -0.3 is 10.5 Å². The zero-order valence-electron chi connectivity index (χ0n) is 8.29. The zero-order chi connectivity index (χ0) is 9.68. The second kappa shape index (κ2) is 4.87. The van der Waals surface area contributed by atoms with Crippen molar-refractivity contribution in [2.45, 2.75) is 26.3 Å². The topological polar surface area (TPSA) is 35.2 Å². The third-order valence-electron chi connectivity index (χ3n) is 1.92. The van der Waals surface area contributed by atoms with Gasteiger partial charge in [0.25, 0.3) is 0 Å². The van der Waals surface area contributed by atoms with Crippen LogP contribution in [0.2, 0.25) is 0 Å². The standard InChI is InChI=1S/C11H17NO/c1-9-5-3-4-6-11(9)13-8-7-10(2)12/h3-6,10H,7-8,12H2,1-2H3. The van der Waals surface area contributed by atoms with E-state index >= 15 is 0 Å². The minimum atomic E-state index is 0.212. The summed E-state index contributed by atoms with van der Waals surface area (Å²) in [7, 11) is 0. The SMILES string of the molecule is Cc1ccccc1OCCC(C)N. The number of benzene rings is 1. The molecule has 1 atom stereocenters. The molecule has 0 aliphatic heterocycles. The molecule has 0 saturated carbocycles. The first-order chi connectivity index (χ1) is 6.20. The summed E-state index contributed by atoms with van der Waals surface area (Å²) >= 11 is 0. The molecule has 0 heterocycles. The molecule has 0 spiro atoms. The maximum atomic E-state index is 5.61. The molecule has 1 unspecified atom stereocenters. The summed E-state index contributed by atoms with van der Waals surface area (Å²) in [5.41, 5.74) is 6.79. The summed E-state index contributed by atoms with van der Waals surface area (Å²) < 4.78 is 5.57. The van der Waals surface area contributed by atoms with Gasteiger partial charge in [-0.3, -0.25) is 0 Å². The molecule has 0 saturated heterocycles. The van der Waals surface area contributed by atoms with E-state index in [2.05, 4.69) is 0 Å². The summed E-state index contributed by atoms with van der Waals surface area (Å²) in [5, 5.41) is 0. The summed E-state index contributed by atoms with van der Waals surface area (Å²) in [6.45, 7) is 4.73. The van der Waals surface area contributed by atoms with Gasteiger partial charge in [0.1, 0.15) is 5.75 Å². The predicted molar refractivity (Wildman–Crippen MR) is 54.9 cm³/mol. The van der Waals surface area contributed by atoms with E-state index in [1.807, 2.05) is 38.1 Å². The van der Waals surface area contributed by atoms with E-state index in [0.717, 1.165) is 12.2 Å². The van der Waals surface area contributed by atoms with Gasteiger partial charge in [-0.25, -0.2) is 0 Å². The van der Waals surface area contributed by atoms with Crippen LogP contribution in [0.3, 0.4) is 0 Å². The molecular formula is C11H17NO. The highest BCUT2D eigenvalue weighted by Crippen LogP contribution is 2.16. The molecule has 2 nitrogen and oxygen atoms in total. The van der Waals surface area contributed by atoms with Crippen molar-refractivity contribution in [2.75, 3.05) is 6.61 Å². The highest BCUT2D eigenvalue weighted by Gasteiger charge is 1.98. The molecule has 0 aliphatic rings. The highest BCUT2D eigenvalue weighted by atomic mass is 16.5. The average molecular weight is 179 g/mol.